The van der Waals surface area contributed by atoms with Crippen molar-refractivity contribution in [2.75, 3.05) is 5.88 Å². The fraction of sp³-hybridized carbons (Fsp3) is 0.545. The standard InChI is InChI=1S/C11H15ClN4S/c1-8-9(2)17-11(13-8)7-16-6-10(14-15-16)4-3-5-12/h6H,3-5,7H2,1-2H3. The monoisotopic (exact) mass is 270 g/mol. The van der Waals surface area contributed by atoms with Crippen LogP contribution >= 0.6 is 22.9 Å². The lowest BCUT2D eigenvalue weighted by molar-refractivity contribution is 0.645. The van der Waals surface area contributed by atoms with E-state index in [-0.39, 0.29) is 0 Å². The van der Waals surface area contributed by atoms with Crippen molar-refractivity contribution >= 4 is 22.9 Å². The maximum atomic E-state index is 5.64. The second kappa shape index (κ2) is 5.60. The molecule has 0 aromatic carbocycles. The van der Waals surface area contributed by atoms with Gasteiger partial charge >= 0.3 is 0 Å². The zero-order chi connectivity index (χ0) is 12.3. The summed E-state index contributed by atoms with van der Waals surface area (Å²) >= 11 is 7.36. The van der Waals surface area contributed by atoms with Crippen molar-refractivity contribution in [2.45, 2.75) is 33.2 Å². The van der Waals surface area contributed by atoms with E-state index < -0.39 is 0 Å². The van der Waals surface area contributed by atoms with Crippen molar-refractivity contribution in [2.24, 2.45) is 0 Å². The highest BCUT2D eigenvalue weighted by Crippen LogP contribution is 2.17. The van der Waals surface area contributed by atoms with Crippen molar-refractivity contribution in [1.82, 2.24) is 20.0 Å². The van der Waals surface area contributed by atoms with Crippen LogP contribution in [0.4, 0.5) is 0 Å². The quantitative estimate of drug-likeness (QED) is 0.785. The number of thiazole rings is 1. The molecule has 2 aromatic heterocycles. The zero-order valence-corrected chi connectivity index (χ0v) is 11.6. The third kappa shape index (κ3) is 3.26. The van der Waals surface area contributed by atoms with Gasteiger partial charge in [0.1, 0.15) is 5.01 Å². The molecule has 0 unspecified atom stereocenters. The van der Waals surface area contributed by atoms with Crippen molar-refractivity contribution in [3.05, 3.63) is 27.5 Å². The summed E-state index contributed by atoms with van der Waals surface area (Å²) in [4.78, 5) is 5.75. The van der Waals surface area contributed by atoms with Crippen LogP contribution in [-0.2, 0) is 13.0 Å². The Kier molecular flexibility index (Phi) is 4.12. The molecule has 0 radical (unpaired) electrons. The predicted molar refractivity (Wildman–Crippen MR) is 69.8 cm³/mol. The average Bonchev–Trinajstić information content (AvgIpc) is 2.85. The number of halogens is 1. The molecule has 2 rings (SSSR count). The van der Waals surface area contributed by atoms with Crippen LogP contribution in [0.1, 0.15) is 27.7 Å². The molecule has 0 spiro atoms. The number of alkyl halides is 1. The van der Waals surface area contributed by atoms with Gasteiger partial charge in [-0.1, -0.05) is 5.21 Å². The Morgan fingerprint density at radius 1 is 1.41 bits per heavy atom. The summed E-state index contributed by atoms with van der Waals surface area (Å²) < 4.78 is 1.83. The molecule has 6 heteroatoms. The first-order valence-electron chi connectivity index (χ1n) is 5.57. The molecule has 0 aliphatic heterocycles. The van der Waals surface area contributed by atoms with Gasteiger partial charge in [-0.15, -0.1) is 28.0 Å². The van der Waals surface area contributed by atoms with Crippen LogP contribution < -0.4 is 0 Å². The van der Waals surface area contributed by atoms with Gasteiger partial charge in [-0.2, -0.15) is 0 Å². The molecule has 0 fully saturated rings. The predicted octanol–water partition coefficient (Wildman–Crippen LogP) is 2.57. The summed E-state index contributed by atoms with van der Waals surface area (Å²) in [5, 5.41) is 9.28. The summed E-state index contributed by atoms with van der Waals surface area (Å²) in [5.74, 6) is 0.664. The second-order valence-corrected chi connectivity index (χ2v) is 5.61. The molecule has 0 aliphatic carbocycles. The molecule has 92 valence electrons. The number of hydrogen-bond acceptors (Lipinski definition) is 4. The third-order valence-corrected chi connectivity index (χ3v) is 3.85. The minimum absolute atomic E-state index is 0.664. The fourth-order valence-electron chi connectivity index (χ4n) is 1.52. The molecule has 4 nitrogen and oxygen atoms in total. The van der Waals surface area contributed by atoms with E-state index in [2.05, 4.69) is 22.2 Å². The van der Waals surface area contributed by atoms with E-state index in [9.17, 15) is 0 Å². The molecule has 0 amide bonds. The first-order chi connectivity index (χ1) is 8.19. The summed E-state index contributed by atoms with van der Waals surface area (Å²) in [6.45, 7) is 4.82. The van der Waals surface area contributed by atoms with Gasteiger partial charge in [-0.3, -0.25) is 0 Å². The lowest BCUT2D eigenvalue weighted by atomic mass is 10.3. The first-order valence-corrected chi connectivity index (χ1v) is 6.92. The van der Waals surface area contributed by atoms with E-state index in [4.69, 9.17) is 11.6 Å². The Labute approximate surface area is 110 Å². The molecule has 0 saturated carbocycles. The Bertz CT molecular complexity index is 472. The van der Waals surface area contributed by atoms with Crippen LogP contribution in [-0.4, -0.2) is 25.9 Å². The summed E-state index contributed by atoms with van der Waals surface area (Å²) in [6, 6.07) is 0. The van der Waals surface area contributed by atoms with Gasteiger partial charge in [0, 0.05) is 17.0 Å². The fourth-order valence-corrected chi connectivity index (χ4v) is 2.58. The molecular formula is C11H15ClN4S. The highest BCUT2D eigenvalue weighted by molar-refractivity contribution is 7.11. The Morgan fingerprint density at radius 2 is 2.24 bits per heavy atom. The Balaban J connectivity index is 2.01. The molecular weight excluding hydrogens is 256 g/mol. The number of aryl methyl sites for hydroxylation is 3. The zero-order valence-electron chi connectivity index (χ0n) is 9.98. The molecule has 2 aromatic rings. The molecule has 0 aliphatic rings. The SMILES string of the molecule is Cc1nc(Cn2cc(CCCCl)nn2)sc1C. The number of hydrogen-bond donors (Lipinski definition) is 0. The Morgan fingerprint density at radius 3 is 2.88 bits per heavy atom. The highest BCUT2D eigenvalue weighted by Gasteiger charge is 2.06. The van der Waals surface area contributed by atoms with Crippen LogP contribution in [0.15, 0.2) is 6.20 Å². The van der Waals surface area contributed by atoms with Gasteiger partial charge in [-0.05, 0) is 26.7 Å². The average molecular weight is 271 g/mol. The summed E-state index contributed by atoms with van der Waals surface area (Å²) in [7, 11) is 0. The Hall–Kier alpha value is -0.940. The van der Waals surface area contributed by atoms with E-state index in [1.54, 1.807) is 11.3 Å². The second-order valence-electron chi connectivity index (χ2n) is 3.95. The van der Waals surface area contributed by atoms with Crippen molar-refractivity contribution in [3.8, 4) is 0 Å². The van der Waals surface area contributed by atoms with Gasteiger partial charge in [0.2, 0.25) is 0 Å². The van der Waals surface area contributed by atoms with Crippen molar-refractivity contribution < 1.29 is 0 Å². The van der Waals surface area contributed by atoms with Crippen molar-refractivity contribution in [1.29, 1.82) is 0 Å². The molecule has 0 bridgehead atoms. The van der Waals surface area contributed by atoms with Gasteiger partial charge in [-0.25, -0.2) is 9.67 Å². The molecule has 2 heterocycles. The molecule has 0 atom stereocenters. The van der Waals surface area contributed by atoms with Crippen LogP contribution in [0.3, 0.4) is 0 Å². The minimum Gasteiger partial charge on any atom is -0.245 e. The summed E-state index contributed by atoms with van der Waals surface area (Å²) in [6.07, 6.45) is 3.80. The number of nitrogens with zero attached hydrogens (tertiary/aromatic N) is 4. The normalized spacial score (nSPS) is 11.0. The maximum Gasteiger partial charge on any atom is 0.115 e. The van der Waals surface area contributed by atoms with E-state index in [1.807, 2.05) is 17.8 Å². The van der Waals surface area contributed by atoms with Crippen molar-refractivity contribution in [3.63, 3.8) is 0 Å². The number of rotatable bonds is 5. The van der Waals surface area contributed by atoms with E-state index >= 15 is 0 Å². The molecule has 17 heavy (non-hydrogen) atoms. The third-order valence-electron chi connectivity index (χ3n) is 2.52. The van der Waals surface area contributed by atoms with Gasteiger partial charge < -0.3 is 0 Å². The number of aromatic nitrogens is 4. The topological polar surface area (TPSA) is 43.6 Å². The molecule has 0 saturated heterocycles. The van der Waals surface area contributed by atoms with Crippen LogP contribution in [0.5, 0.6) is 0 Å². The largest absolute Gasteiger partial charge is 0.245 e. The van der Waals surface area contributed by atoms with Gasteiger partial charge in [0.25, 0.3) is 0 Å². The maximum absolute atomic E-state index is 5.64. The lowest BCUT2D eigenvalue weighted by Crippen LogP contribution is -1.99. The van der Waals surface area contributed by atoms with Crippen LogP contribution in [0.25, 0.3) is 0 Å². The van der Waals surface area contributed by atoms with E-state index in [0.717, 1.165) is 29.2 Å². The van der Waals surface area contributed by atoms with E-state index in [0.29, 0.717) is 12.4 Å². The van der Waals surface area contributed by atoms with Crippen LogP contribution in [0, 0.1) is 13.8 Å². The van der Waals surface area contributed by atoms with Gasteiger partial charge in [0.05, 0.1) is 17.9 Å². The van der Waals surface area contributed by atoms with Crippen LogP contribution in [0.2, 0.25) is 0 Å². The van der Waals surface area contributed by atoms with E-state index in [1.165, 1.54) is 4.88 Å². The lowest BCUT2D eigenvalue weighted by Gasteiger charge is -1.94. The smallest absolute Gasteiger partial charge is 0.115 e. The highest BCUT2D eigenvalue weighted by atomic mass is 35.5. The molecule has 0 N–H and O–H groups in total. The summed E-state index contributed by atoms with van der Waals surface area (Å²) in [5.41, 5.74) is 2.10. The minimum atomic E-state index is 0.664. The van der Waals surface area contributed by atoms with Gasteiger partial charge in [0.15, 0.2) is 0 Å². The first kappa shape index (κ1) is 12.5.